The maximum absolute atomic E-state index is 11.5. The lowest BCUT2D eigenvalue weighted by Crippen LogP contribution is -2.21. The van der Waals surface area contributed by atoms with E-state index in [9.17, 15) is 44.7 Å². The Labute approximate surface area is 499 Å². The molecule has 1 aliphatic heterocycles. The number of hydrogen-bond acceptors (Lipinski definition) is 26. The SMILES string of the molecule is C1CCOC1.CC(COCCN=[N+]=[N-])OCCOC(=O)Oc1ccc([N+](=O)[O-])cc1.CCN(CC)CC.O=C(Cl)Oc1ccc([N+](=O)[O-])cc1.[N-]=[N+]=NCCOCCOCCO.[N-]=[N+]=NCCOCCOCCOC(=O)Oc1ccc([N+](=O)[O-])cc1. The number of benzene rings is 3. The molecule has 0 radical (unpaired) electrons. The second kappa shape index (κ2) is 57.2. The van der Waals surface area contributed by atoms with E-state index in [-0.39, 0.29) is 86.5 Å². The average Bonchev–Trinajstić information content (AvgIpc) is 4.25. The molecule has 3 aromatic carbocycles. The first-order chi connectivity index (χ1) is 41.5. The molecule has 1 heterocycles. The normalized spacial score (nSPS) is 11.0. The summed E-state index contributed by atoms with van der Waals surface area (Å²) in [5.41, 5.74) is 22.8. The van der Waals surface area contributed by atoms with Gasteiger partial charge in [0, 0.05) is 95.6 Å². The van der Waals surface area contributed by atoms with Crippen LogP contribution in [0.1, 0.15) is 40.5 Å². The number of nitro groups is 3. The first kappa shape index (κ1) is 79.8. The first-order valence-corrected chi connectivity index (χ1v) is 26.6. The topological polar surface area (TPSA) is 461 Å². The smallest absolute Gasteiger partial charge is 0.432 e. The van der Waals surface area contributed by atoms with Gasteiger partial charge in [0.1, 0.15) is 30.5 Å². The second-order valence-electron chi connectivity index (χ2n) is 15.7. The van der Waals surface area contributed by atoms with E-state index in [0.717, 1.165) is 13.2 Å². The Hall–Kier alpha value is -8.27. The number of aliphatic hydroxyl groups excluding tert-OH is 1. The van der Waals surface area contributed by atoms with E-state index in [4.69, 9.17) is 85.4 Å². The van der Waals surface area contributed by atoms with Crippen LogP contribution in [0.15, 0.2) is 88.1 Å². The molecule has 1 unspecified atom stereocenters. The molecule has 86 heavy (non-hydrogen) atoms. The minimum absolute atomic E-state index is 0.00938. The van der Waals surface area contributed by atoms with Gasteiger partial charge in [0.05, 0.1) is 100 Å². The van der Waals surface area contributed by atoms with Crippen LogP contribution in [0.25, 0.3) is 31.3 Å². The number of ether oxygens (including phenoxy) is 12. The molecule has 1 atom stereocenters. The molecule has 1 fully saturated rings. The Balaban J connectivity index is 0. The van der Waals surface area contributed by atoms with Crippen molar-refractivity contribution in [3.05, 3.63) is 134 Å². The van der Waals surface area contributed by atoms with Crippen LogP contribution < -0.4 is 14.2 Å². The number of hydrogen-bond donors (Lipinski definition) is 1. The predicted molar refractivity (Wildman–Crippen MR) is 307 cm³/mol. The van der Waals surface area contributed by atoms with Gasteiger partial charge in [-0.3, -0.25) is 30.3 Å². The molecule has 478 valence electrons. The van der Waals surface area contributed by atoms with Crippen molar-refractivity contribution in [2.75, 3.05) is 145 Å². The third kappa shape index (κ3) is 50.3. The van der Waals surface area contributed by atoms with Gasteiger partial charge < -0.3 is 66.8 Å². The van der Waals surface area contributed by atoms with Gasteiger partial charge in [-0.15, -0.1) is 0 Å². The van der Waals surface area contributed by atoms with Gasteiger partial charge in [-0.1, -0.05) is 36.1 Å². The number of carbonyl (C=O) groups is 3. The maximum atomic E-state index is 11.5. The molecule has 0 bridgehead atoms. The minimum Gasteiger partial charge on any atom is -0.432 e. The minimum atomic E-state index is -0.978. The largest absolute Gasteiger partial charge is 0.513 e. The Morgan fingerprint density at radius 1 is 0.558 bits per heavy atom. The van der Waals surface area contributed by atoms with E-state index in [1.165, 1.54) is 105 Å². The van der Waals surface area contributed by atoms with E-state index >= 15 is 0 Å². The molecular formula is C50H74ClN13O22. The van der Waals surface area contributed by atoms with Crippen molar-refractivity contribution >= 4 is 46.4 Å². The van der Waals surface area contributed by atoms with Crippen molar-refractivity contribution in [3.8, 4) is 17.2 Å². The molecular weight excluding hydrogens is 1170 g/mol. The Morgan fingerprint density at radius 2 is 0.895 bits per heavy atom. The highest BCUT2D eigenvalue weighted by Gasteiger charge is 2.12. The van der Waals surface area contributed by atoms with Crippen molar-refractivity contribution in [3.63, 3.8) is 0 Å². The van der Waals surface area contributed by atoms with Crippen molar-refractivity contribution in [2.45, 2.75) is 46.6 Å². The summed E-state index contributed by atoms with van der Waals surface area (Å²) < 4.78 is 59.4. The summed E-state index contributed by atoms with van der Waals surface area (Å²) >= 11 is 4.92. The third-order valence-corrected chi connectivity index (χ3v) is 9.67. The van der Waals surface area contributed by atoms with E-state index in [1.54, 1.807) is 6.92 Å². The first-order valence-electron chi connectivity index (χ1n) is 26.3. The van der Waals surface area contributed by atoms with Gasteiger partial charge in [-0.2, -0.15) is 0 Å². The van der Waals surface area contributed by atoms with Crippen molar-refractivity contribution in [1.82, 2.24) is 4.90 Å². The Kier molecular flexibility index (Phi) is 53.1. The summed E-state index contributed by atoms with van der Waals surface area (Å²) in [5, 5.41) is 49.4. The molecule has 1 saturated heterocycles. The van der Waals surface area contributed by atoms with Crippen LogP contribution in [0.3, 0.4) is 0 Å². The fourth-order valence-corrected chi connectivity index (χ4v) is 5.54. The molecule has 36 heteroatoms. The van der Waals surface area contributed by atoms with Crippen molar-refractivity contribution in [1.29, 1.82) is 0 Å². The zero-order valence-corrected chi connectivity index (χ0v) is 48.9. The monoisotopic (exact) mass is 1240 g/mol. The highest BCUT2D eigenvalue weighted by atomic mass is 35.5. The van der Waals surface area contributed by atoms with Gasteiger partial charge in [0.15, 0.2) is 0 Å². The summed E-state index contributed by atoms with van der Waals surface area (Å²) in [6, 6.07) is 15.1. The predicted octanol–water partition coefficient (Wildman–Crippen LogP) is 10.1. The highest BCUT2D eigenvalue weighted by molar-refractivity contribution is 6.61. The van der Waals surface area contributed by atoms with Gasteiger partial charge in [-0.05, 0) is 92.4 Å². The molecule has 0 aromatic heterocycles. The number of rotatable bonds is 35. The van der Waals surface area contributed by atoms with E-state index in [0.29, 0.717) is 66.0 Å². The van der Waals surface area contributed by atoms with Crippen LogP contribution in [0.4, 0.5) is 31.4 Å². The van der Waals surface area contributed by atoms with Crippen LogP contribution in [0.5, 0.6) is 17.2 Å². The fourth-order valence-electron chi connectivity index (χ4n) is 5.45. The summed E-state index contributed by atoms with van der Waals surface area (Å²) in [5.74, 6) is 0.448. The molecule has 4 rings (SSSR count). The van der Waals surface area contributed by atoms with Crippen LogP contribution in [-0.4, -0.2) is 194 Å². The second-order valence-corrected chi connectivity index (χ2v) is 16.0. The van der Waals surface area contributed by atoms with E-state index in [1.807, 2.05) is 0 Å². The standard InChI is InChI=1S/C14H18N4O7.C13H16N4O7.C7H4ClNO4.C6H13N3O3.C6H15N.C4H8O/c1-11(10-22-7-6-16-17-15)23-8-9-24-14(19)25-13-4-2-12(3-5-13)18(20)21;14-16-15-5-6-21-7-8-22-9-10-23-13(18)24-12-3-1-11(2-4-12)17(19)20;8-7(10)13-6-3-1-5(2-4-6)9(11)12;7-9-8-1-3-11-5-6-12-4-2-10;1-4-7(5-2)6-3;1-2-4-5-3-1/h2-5,11H,6-10H2,1H3;1-4H,5-10H2;1-4H;10H,1-6H2;4-6H2,1-3H3;1-4H2. The lowest BCUT2D eigenvalue weighted by Gasteiger charge is -2.13. The third-order valence-electron chi connectivity index (χ3n) is 9.59. The molecule has 35 nitrogen and oxygen atoms in total. The number of aliphatic hydroxyl groups is 1. The van der Waals surface area contributed by atoms with E-state index < -0.39 is 32.5 Å². The van der Waals surface area contributed by atoms with Crippen molar-refractivity contribution < 1.29 is 91.1 Å². The quantitative estimate of drug-likeness (QED) is 0.00658. The van der Waals surface area contributed by atoms with Gasteiger partial charge >= 0.3 is 17.7 Å². The molecule has 1 aliphatic rings. The van der Waals surface area contributed by atoms with Gasteiger partial charge in [0.25, 0.3) is 17.1 Å². The summed E-state index contributed by atoms with van der Waals surface area (Å²) in [7, 11) is 0. The number of nitrogens with zero attached hydrogens (tertiary/aromatic N) is 13. The lowest BCUT2D eigenvalue weighted by atomic mass is 10.3. The van der Waals surface area contributed by atoms with E-state index in [2.05, 4.69) is 60.5 Å². The van der Waals surface area contributed by atoms with Crippen LogP contribution in [-0.2, 0) is 42.6 Å². The zero-order chi connectivity index (χ0) is 64.3. The van der Waals surface area contributed by atoms with Crippen molar-refractivity contribution in [2.24, 2.45) is 15.3 Å². The maximum Gasteiger partial charge on any atom is 0.513 e. The number of azide groups is 3. The summed E-state index contributed by atoms with van der Waals surface area (Å²) in [6.07, 6.45) is 0.467. The molecule has 1 N–H and O–H groups in total. The van der Waals surface area contributed by atoms with Gasteiger partial charge in [-0.25, -0.2) is 14.4 Å². The fraction of sp³-hybridized carbons (Fsp3) is 0.580. The highest BCUT2D eigenvalue weighted by Crippen LogP contribution is 2.20. The number of nitro benzene ring substituents is 3. The van der Waals surface area contributed by atoms with Gasteiger partial charge in [0.2, 0.25) is 0 Å². The summed E-state index contributed by atoms with van der Waals surface area (Å²) in [4.78, 5) is 72.7. The van der Waals surface area contributed by atoms with Crippen LogP contribution in [0, 0.1) is 30.3 Å². The number of carbonyl (C=O) groups excluding carboxylic acids is 3. The molecule has 3 aromatic rings. The molecule has 0 saturated carbocycles. The average molecular weight is 1240 g/mol. The van der Waals surface area contributed by atoms with Crippen LogP contribution >= 0.6 is 11.6 Å². The number of non-ortho nitro benzene ring substituents is 3. The lowest BCUT2D eigenvalue weighted by molar-refractivity contribution is -0.385. The van der Waals surface area contributed by atoms with Crippen LogP contribution in [0.2, 0.25) is 0 Å². The summed E-state index contributed by atoms with van der Waals surface area (Å²) in [6.45, 7) is 18.3. The zero-order valence-electron chi connectivity index (χ0n) is 48.2. The Morgan fingerprint density at radius 3 is 1.21 bits per heavy atom. The number of halogens is 1. The molecule has 0 aliphatic carbocycles. The molecule has 0 spiro atoms. The Bertz CT molecular complexity index is 2420. The molecule has 0 amide bonds.